The zero-order chi connectivity index (χ0) is 18.6. The van der Waals surface area contributed by atoms with Crippen molar-refractivity contribution in [1.82, 2.24) is 14.5 Å². The number of rotatable bonds is 4. The van der Waals surface area contributed by atoms with Crippen LogP contribution in [0, 0.1) is 5.92 Å². The van der Waals surface area contributed by atoms with Crippen LogP contribution in [0.5, 0.6) is 0 Å². The number of hydrogen-bond acceptors (Lipinski definition) is 5. The smallest absolute Gasteiger partial charge is 0.198 e. The van der Waals surface area contributed by atoms with Crippen molar-refractivity contribution in [3.05, 3.63) is 30.1 Å². The molecule has 8 heteroatoms. The Morgan fingerprint density at radius 2 is 1.84 bits per heavy atom. The zero-order valence-electron chi connectivity index (χ0n) is 14.8. The molecule has 0 amide bonds. The predicted octanol–water partition coefficient (Wildman–Crippen LogP) is 2.25. The molecule has 0 radical (unpaired) electrons. The van der Waals surface area contributed by atoms with Gasteiger partial charge in [0.05, 0.1) is 11.0 Å². The van der Waals surface area contributed by atoms with Crippen LogP contribution in [-0.2, 0) is 23.9 Å². The monoisotopic (exact) mass is 363 g/mol. The minimum Gasteiger partial charge on any atom is -0.382 e. The Balaban J connectivity index is 0.000000511. The number of nitrogens with zero attached hydrogens (tertiary/aromatic N) is 3. The minimum atomic E-state index is -2.62. The molecule has 136 valence electrons. The van der Waals surface area contributed by atoms with Gasteiger partial charge in [-0.1, -0.05) is 39.0 Å². The highest BCUT2D eigenvalue weighted by Crippen LogP contribution is 2.29. The second-order valence-electron chi connectivity index (χ2n) is 6.21. The summed E-state index contributed by atoms with van der Waals surface area (Å²) in [6, 6.07) is 8.16. The molecule has 1 aromatic carbocycles. The van der Waals surface area contributed by atoms with Gasteiger partial charge in [0.1, 0.15) is 11.3 Å². The highest BCUT2D eigenvalue weighted by molar-refractivity contribution is 7.69. The number of imidazole rings is 1. The molecule has 7 nitrogen and oxygen atoms in total. The van der Waals surface area contributed by atoms with Gasteiger partial charge >= 0.3 is 0 Å². The number of nitrogens with two attached hydrogens (primary N) is 2. The number of para-hydroxylation sites is 1. The molecule has 4 N–H and O–H groups in total. The van der Waals surface area contributed by atoms with Gasteiger partial charge in [-0.2, -0.15) is 0 Å². The quantitative estimate of drug-likeness (QED) is 0.615. The molecule has 0 spiro atoms. The van der Waals surface area contributed by atoms with E-state index in [-0.39, 0.29) is 0 Å². The molecule has 25 heavy (non-hydrogen) atoms. The molecule has 2 heterocycles. The van der Waals surface area contributed by atoms with Crippen LogP contribution in [0.2, 0.25) is 0 Å². The van der Waals surface area contributed by atoms with E-state index in [9.17, 15) is 0 Å². The van der Waals surface area contributed by atoms with Crippen molar-refractivity contribution in [2.45, 2.75) is 40.2 Å². The summed E-state index contributed by atoms with van der Waals surface area (Å²) in [5.41, 5.74) is 9.05. The number of fused-ring (bicyclic) bond motifs is 3. The van der Waals surface area contributed by atoms with Crippen molar-refractivity contribution in [2.75, 3.05) is 5.73 Å². The fraction of sp³-hybridized carbons (Fsp3) is 0.412. The van der Waals surface area contributed by atoms with Crippen LogP contribution in [0.3, 0.4) is 0 Å². The first kappa shape index (κ1) is 19.1. The molecule has 0 saturated heterocycles. The fourth-order valence-corrected chi connectivity index (χ4v) is 2.80. The van der Waals surface area contributed by atoms with Gasteiger partial charge in [-0.3, -0.25) is 0 Å². The third-order valence-electron chi connectivity index (χ3n) is 3.94. The average Bonchev–Trinajstić information content (AvgIpc) is 2.92. The number of aryl methyl sites for hydroxylation is 2. The Hall–Kier alpha value is -2.19. The molecule has 0 aliphatic heterocycles. The van der Waals surface area contributed by atoms with Crippen molar-refractivity contribution in [3.8, 4) is 0 Å². The summed E-state index contributed by atoms with van der Waals surface area (Å²) in [4.78, 5) is 9.22. The first-order valence-corrected chi connectivity index (χ1v) is 9.52. The number of nitrogen functional groups attached to an aromatic ring is 1. The number of hydrogen-bond donors (Lipinski definition) is 3. The van der Waals surface area contributed by atoms with Gasteiger partial charge in [0.2, 0.25) is 0 Å². The molecule has 0 saturated carbocycles. The largest absolute Gasteiger partial charge is 0.382 e. The summed E-state index contributed by atoms with van der Waals surface area (Å²) < 4.78 is 20.0. The van der Waals surface area contributed by atoms with Gasteiger partial charge in [0.25, 0.3) is 0 Å². The van der Waals surface area contributed by atoms with E-state index in [4.69, 9.17) is 19.1 Å². The van der Waals surface area contributed by atoms with Gasteiger partial charge in [-0.05, 0) is 18.4 Å². The van der Waals surface area contributed by atoms with E-state index in [0.29, 0.717) is 11.7 Å². The van der Waals surface area contributed by atoms with Crippen molar-refractivity contribution >= 4 is 38.6 Å². The van der Waals surface area contributed by atoms with E-state index in [1.54, 1.807) is 0 Å². The van der Waals surface area contributed by atoms with Gasteiger partial charge in [-0.15, -0.1) is 0 Å². The van der Waals surface area contributed by atoms with Crippen LogP contribution in [-0.4, -0.2) is 23.0 Å². The van der Waals surface area contributed by atoms with Crippen LogP contribution in [0.25, 0.3) is 21.9 Å². The maximum atomic E-state index is 8.81. The summed E-state index contributed by atoms with van der Waals surface area (Å²) in [5, 5.41) is 5.20. The van der Waals surface area contributed by atoms with E-state index in [0.717, 1.165) is 47.1 Å². The van der Waals surface area contributed by atoms with Crippen LogP contribution < -0.4 is 10.9 Å². The molecule has 3 rings (SSSR count). The maximum absolute atomic E-state index is 8.81. The molecule has 0 bridgehead atoms. The van der Waals surface area contributed by atoms with Gasteiger partial charge in [-0.25, -0.2) is 23.5 Å². The summed E-state index contributed by atoms with van der Waals surface area (Å²) in [6.07, 6.45) is 2.04. The molecule has 0 aliphatic rings. The van der Waals surface area contributed by atoms with E-state index in [1.165, 1.54) is 0 Å². The lowest BCUT2D eigenvalue weighted by Crippen LogP contribution is -2.06. The molecule has 0 fully saturated rings. The van der Waals surface area contributed by atoms with E-state index in [1.807, 2.05) is 18.2 Å². The Morgan fingerprint density at radius 3 is 2.44 bits per heavy atom. The van der Waals surface area contributed by atoms with E-state index >= 15 is 0 Å². The highest BCUT2D eigenvalue weighted by Gasteiger charge is 2.16. The van der Waals surface area contributed by atoms with Crippen molar-refractivity contribution in [3.63, 3.8) is 0 Å². The third kappa shape index (κ3) is 4.46. The molecule has 0 aliphatic carbocycles. The molecule has 2 aromatic heterocycles. The second kappa shape index (κ2) is 8.26. The number of aromatic nitrogens is 3. The SMILES string of the molecule is CCc1nc2c(N)nc3ccccc3c2n1CCC(C)C.N[SH](=O)=O. The first-order valence-electron chi connectivity index (χ1n) is 8.27. The van der Waals surface area contributed by atoms with E-state index in [2.05, 4.69) is 41.5 Å². The molecule has 3 aromatic rings. The Kier molecular flexibility index (Phi) is 6.33. The maximum Gasteiger partial charge on any atom is 0.198 e. The summed E-state index contributed by atoms with van der Waals surface area (Å²) in [6.45, 7) is 7.61. The van der Waals surface area contributed by atoms with Gasteiger partial charge in [0, 0.05) is 18.4 Å². The standard InChI is InChI=1S/C17H22N4.H3NO2S/c1-4-14-20-15-16(21(14)10-9-11(2)3)12-7-5-6-8-13(12)19-17(15)18;1-4(2)3/h5-8,11H,4,9-10H2,1-3H3,(H2,18,19);4H,(H2,1,2,3). The number of pyridine rings is 1. The number of thiol groups is 1. The lowest BCUT2D eigenvalue weighted by molar-refractivity contribution is 0.514. The number of anilines is 1. The normalized spacial score (nSPS) is 11.3. The second-order valence-corrected chi connectivity index (χ2v) is 6.78. The predicted molar refractivity (Wildman–Crippen MR) is 103 cm³/mol. The molecular weight excluding hydrogens is 338 g/mol. The lowest BCUT2D eigenvalue weighted by Gasteiger charge is -2.11. The summed E-state index contributed by atoms with van der Waals surface area (Å²) >= 11 is 0. The zero-order valence-corrected chi connectivity index (χ0v) is 15.7. The topological polar surface area (TPSA) is 117 Å². The van der Waals surface area contributed by atoms with Gasteiger partial charge in [0.15, 0.2) is 16.7 Å². The van der Waals surface area contributed by atoms with Crippen molar-refractivity contribution in [2.24, 2.45) is 11.1 Å². The highest BCUT2D eigenvalue weighted by atomic mass is 32.2. The van der Waals surface area contributed by atoms with Crippen molar-refractivity contribution in [1.29, 1.82) is 0 Å². The lowest BCUT2D eigenvalue weighted by atomic mass is 10.1. The average molecular weight is 363 g/mol. The van der Waals surface area contributed by atoms with Crippen LogP contribution >= 0.6 is 0 Å². The molecular formula is C17H25N5O2S. The Morgan fingerprint density at radius 1 is 1.20 bits per heavy atom. The molecule has 0 atom stereocenters. The van der Waals surface area contributed by atoms with Gasteiger partial charge < -0.3 is 10.3 Å². The summed E-state index contributed by atoms with van der Waals surface area (Å²) in [7, 11) is -2.62. The van der Waals surface area contributed by atoms with Crippen LogP contribution in [0.15, 0.2) is 24.3 Å². The van der Waals surface area contributed by atoms with Crippen LogP contribution in [0.1, 0.15) is 33.0 Å². The van der Waals surface area contributed by atoms with Crippen LogP contribution in [0.4, 0.5) is 5.82 Å². The van der Waals surface area contributed by atoms with E-state index < -0.39 is 10.9 Å². The number of benzene rings is 1. The minimum absolute atomic E-state index is 0.529. The third-order valence-corrected chi connectivity index (χ3v) is 3.94. The fourth-order valence-electron chi connectivity index (χ4n) is 2.80. The van der Waals surface area contributed by atoms with Crippen molar-refractivity contribution < 1.29 is 8.42 Å². The summed E-state index contributed by atoms with van der Waals surface area (Å²) in [5.74, 6) is 2.29. The molecule has 0 unspecified atom stereocenters. The Bertz CT molecular complexity index is 939. The first-order chi connectivity index (χ1) is 11.8. The Labute approximate surface area is 149 Å².